The zero-order chi connectivity index (χ0) is 12.6. The molecular formula is C15H26FN. The van der Waals surface area contributed by atoms with Crippen molar-refractivity contribution in [2.45, 2.75) is 52.6 Å². The van der Waals surface area contributed by atoms with Gasteiger partial charge in [0.15, 0.2) is 0 Å². The monoisotopic (exact) mass is 239 g/mol. The van der Waals surface area contributed by atoms with E-state index in [4.69, 9.17) is 0 Å². The molecular weight excluding hydrogens is 213 g/mol. The summed E-state index contributed by atoms with van der Waals surface area (Å²) in [5, 5.41) is 0. The molecule has 1 aliphatic carbocycles. The van der Waals surface area contributed by atoms with Gasteiger partial charge in [0.2, 0.25) is 0 Å². The molecule has 1 aliphatic heterocycles. The lowest BCUT2D eigenvalue weighted by Gasteiger charge is -2.48. The van der Waals surface area contributed by atoms with Crippen LogP contribution in [0.1, 0.15) is 46.5 Å². The highest BCUT2D eigenvalue weighted by Crippen LogP contribution is 2.51. The molecule has 0 radical (unpaired) electrons. The number of piperidine rings is 1. The largest absolute Gasteiger partial charge is 0.306 e. The molecule has 0 saturated carbocycles. The van der Waals surface area contributed by atoms with Crippen LogP contribution in [0, 0.1) is 11.3 Å². The molecule has 1 heterocycles. The van der Waals surface area contributed by atoms with Crippen LogP contribution in [0.3, 0.4) is 0 Å². The second-order valence-electron chi connectivity index (χ2n) is 6.34. The third kappa shape index (κ3) is 2.29. The molecule has 0 amide bonds. The van der Waals surface area contributed by atoms with Crippen LogP contribution in [-0.2, 0) is 0 Å². The summed E-state index contributed by atoms with van der Waals surface area (Å²) in [7, 11) is 2.19. The molecule has 1 nitrogen and oxygen atoms in total. The van der Waals surface area contributed by atoms with Gasteiger partial charge in [-0.05, 0) is 69.7 Å². The van der Waals surface area contributed by atoms with Crippen molar-refractivity contribution in [3.8, 4) is 0 Å². The summed E-state index contributed by atoms with van der Waals surface area (Å²) >= 11 is 0. The Labute approximate surface area is 105 Å². The van der Waals surface area contributed by atoms with Gasteiger partial charge in [-0.1, -0.05) is 19.4 Å². The third-order valence-electron chi connectivity index (χ3n) is 4.86. The summed E-state index contributed by atoms with van der Waals surface area (Å²) in [5.74, 6) is 0.497. The zero-order valence-corrected chi connectivity index (χ0v) is 11.7. The number of halogens is 1. The van der Waals surface area contributed by atoms with Crippen molar-refractivity contribution in [1.29, 1.82) is 0 Å². The minimum atomic E-state index is -0.683. The number of allylic oxidation sites excluding steroid dienone is 2. The Kier molecular flexibility index (Phi) is 3.63. The highest BCUT2D eigenvalue weighted by molar-refractivity contribution is 5.29. The Morgan fingerprint density at radius 3 is 2.35 bits per heavy atom. The Morgan fingerprint density at radius 1 is 1.24 bits per heavy atom. The van der Waals surface area contributed by atoms with Gasteiger partial charge in [0.05, 0.1) is 0 Å². The number of likely N-dealkylation sites (tertiary alicyclic amines) is 1. The van der Waals surface area contributed by atoms with Gasteiger partial charge in [-0.3, -0.25) is 0 Å². The number of hydrogen-bond donors (Lipinski definition) is 0. The minimum Gasteiger partial charge on any atom is -0.306 e. The molecule has 1 unspecified atom stereocenters. The fraction of sp³-hybridized carbons (Fsp3) is 0.867. The van der Waals surface area contributed by atoms with Crippen molar-refractivity contribution in [3.63, 3.8) is 0 Å². The topological polar surface area (TPSA) is 3.24 Å². The molecule has 1 saturated heterocycles. The first-order chi connectivity index (χ1) is 7.96. The van der Waals surface area contributed by atoms with Gasteiger partial charge in [-0.25, -0.2) is 4.39 Å². The smallest absolute Gasteiger partial charge is 0.121 e. The van der Waals surface area contributed by atoms with Crippen LogP contribution in [0.2, 0.25) is 0 Å². The molecule has 1 spiro atoms. The average Bonchev–Trinajstić information content (AvgIpc) is 2.28. The maximum Gasteiger partial charge on any atom is 0.121 e. The van der Waals surface area contributed by atoms with Crippen LogP contribution >= 0.6 is 0 Å². The third-order valence-corrected chi connectivity index (χ3v) is 4.86. The van der Waals surface area contributed by atoms with Gasteiger partial charge >= 0.3 is 0 Å². The van der Waals surface area contributed by atoms with E-state index < -0.39 is 6.17 Å². The summed E-state index contributed by atoms with van der Waals surface area (Å²) in [6.07, 6.45) is 3.57. The number of rotatable bonds is 1. The Bertz CT molecular complexity index is 311. The van der Waals surface area contributed by atoms with Crippen LogP contribution in [0.25, 0.3) is 0 Å². The molecule has 2 heteroatoms. The molecule has 0 N–H and O–H groups in total. The summed E-state index contributed by atoms with van der Waals surface area (Å²) < 4.78 is 13.9. The second-order valence-corrected chi connectivity index (χ2v) is 6.34. The first-order valence-corrected chi connectivity index (χ1v) is 7.00. The second kappa shape index (κ2) is 4.72. The highest BCUT2D eigenvalue weighted by atomic mass is 19.1. The van der Waals surface area contributed by atoms with Crippen molar-refractivity contribution in [2.75, 3.05) is 20.1 Å². The first kappa shape index (κ1) is 13.1. The molecule has 17 heavy (non-hydrogen) atoms. The standard InChI is InChI=1S/C15H26FN/c1-11(2)14-12(3)13(16)5-6-15(14)7-9-17(4)10-8-15/h11,13H,5-10H2,1-4H3. The van der Waals surface area contributed by atoms with Crippen molar-refractivity contribution in [1.82, 2.24) is 4.90 Å². The lowest BCUT2D eigenvalue weighted by Crippen LogP contribution is -2.43. The Balaban J connectivity index is 2.33. The molecule has 2 rings (SSSR count). The summed E-state index contributed by atoms with van der Waals surface area (Å²) in [6.45, 7) is 8.83. The van der Waals surface area contributed by atoms with Gasteiger partial charge < -0.3 is 4.90 Å². The van der Waals surface area contributed by atoms with Gasteiger partial charge in [-0.15, -0.1) is 0 Å². The van der Waals surface area contributed by atoms with Crippen LogP contribution < -0.4 is 0 Å². The molecule has 0 aromatic carbocycles. The lowest BCUT2D eigenvalue weighted by molar-refractivity contribution is 0.111. The van der Waals surface area contributed by atoms with Gasteiger partial charge in [-0.2, -0.15) is 0 Å². The molecule has 0 aromatic heterocycles. The van der Waals surface area contributed by atoms with E-state index in [1.807, 2.05) is 6.92 Å². The Hall–Kier alpha value is -0.370. The van der Waals surface area contributed by atoms with Crippen LogP contribution in [-0.4, -0.2) is 31.2 Å². The molecule has 98 valence electrons. The van der Waals surface area contributed by atoms with E-state index in [2.05, 4.69) is 25.8 Å². The summed E-state index contributed by atoms with van der Waals surface area (Å²) in [6, 6.07) is 0. The van der Waals surface area contributed by atoms with E-state index in [1.165, 1.54) is 31.5 Å². The normalized spacial score (nSPS) is 30.4. The van der Waals surface area contributed by atoms with E-state index in [9.17, 15) is 4.39 Å². The maximum absolute atomic E-state index is 13.9. The maximum atomic E-state index is 13.9. The molecule has 2 aliphatic rings. The van der Waals surface area contributed by atoms with E-state index in [0.717, 1.165) is 18.4 Å². The van der Waals surface area contributed by atoms with Crippen LogP contribution in [0.5, 0.6) is 0 Å². The minimum absolute atomic E-state index is 0.327. The quantitative estimate of drug-likeness (QED) is 0.629. The van der Waals surface area contributed by atoms with Crippen LogP contribution in [0.15, 0.2) is 11.1 Å². The van der Waals surface area contributed by atoms with Gasteiger partial charge in [0.1, 0.15) is 6.17 Å². The predicted octanol–water partition coefficient (Wildman–Crippen LogP) is 3.80. The van der Waals surface area contributed by atoms with Crippen molar-refractivity contribution >= 4 is 0 Å². The van der Waals surface area contributed by atoms with Crippen molar-refractivity contribution < 1.29 is 4.39 Å². The zero-order valence-electron chi connectivity index (χ0n) is 11.7. The number of alkyl halides is 1. The van der Waals surface area contributed by atoms with E-state index >= 15 is 0 Å². The molecule has 0 aromatic rings. The lowest BCUT2D eigenvalue weighted by atomic mass is 9.61. The van der Waals surface area contributed by atoms with E-state index in [0.29, 0.717) is 11.3 Å². The number of nitrogens with zero attached hydrogens (tertiary/aromatic N) is 1. The van der Waals surface area contributed by atoms with E-state index in [1.54, 1.807) is 0 Å². The first-order valence-electron chi connectivity index (χ1n) is 7.00. The van der Waals surface area contributed by atoms with Gasteiger partial charge in [0.25, 0.3) is 0 Å². The summed E-state index contributed by atoms with van der Waals surface area (Å²) in [5.41, 5.74) is 2.83. The van der Waals surface area contributed by atoms with Crippen LogP contribution in [0.4, 0.5) is 4.39 Å². The summed E-state index contributed by atoms with van der Waals surface area (Å²) in [4.78, 5) is 2.40. The highest BCUT2D eigenvalue weighted by Gasteiger charge is 2.42. The van der Waals surface area contributed by atoms with Crippen molar-refractivity contribution in [3.05, 3.63) is 11.1 Å². The van der Waals surface area contributed by atoms with E-state index in [-0.39, 0.29) is 0 Å². The van der Waals surface area contributed by atoms with Gasteiger partial charge in [0, 0.05) is 0 Å². The SMILES string of the molecule is CC1=C(C(C)C)C2(CCC1F)CCN(C)CC2. The fourth-order valence-corrected chi connectivity index (χ4v) is 3.97. The number of hydrogen-bond acceptors (Lipinski definition) is 1. The Morgan fingerprint density at radius 2 is 1.82 bits per heavy atom. The fourth-order valence-electron chi connectivity index (χ4n) is 3.97. The molecule has 1 atom stereocenters. The predicted molar refractivity (Wildman–Crippen MR) is 70.8 cm³/mol. The average molecular weight is 239 g/mol. The molecule has 0 bridgehead atoms. The van der Waals surface area contributed by atoms with Crippen molar-refractivity contribution in [2.24, 2.45) is 11.3 Å². The molecule has 1 fully saturated rings.